The van der Waals surface area contributed by atoms with Crippen LogP contribution in [0.1, 0.15) is 18.1 Å². The van der Waals surface area contributed by atoms with E-state index < -0.39 is 0 Å². The van der Waals surface area contributed by atoms with Gasteiger partial charge in [-0.3, -0.25) is 0 Å². The Balaban J connectivity index is 1.81. The first-order valence-electron chi connectivity index (χ1n) is 7.69. The summed E-state index contributed by atoms with van der Waals surface area (Å²) in [5.41, 5.74) is 3.71. The van der Waals surface area contributed by atoms with Crippen molar-refractivity contribution < 1.29 is 4.74 Å². The van der Waals surface area contributed by atoms with E-state index in [9.17, 15) is 0 Å². The van der Waals surface area contributed by atoms with Gasteiger partial charge in [-0.25, -0.2) is 0 Å². The molecule has 0 aliphatic heterocycles. The standard InChI is InChI=1S/C18H22N2OS/c1-3-20(2)9-7-15-11-19-16-5-4-6-17(18(15)16)21-12-14-8-10-22-13-14/h4-6,8,10-11,13,19H,3,7,9,12H2,1-2H3. The maximum Gasteiger partial charge on any atom is 0.129 e. The smallest absolute Gasteiger partial charge is 0.129 e. The van der Waals surface area contributed by atoms with Gasteiger partial charge < -0.3 is 14.6 Å². The summed E-state index contributed by atoms with van der Waals surface area (Å²) in [7, 11) is 2.16. The summed E-state index contributed by atoms with van der Waals surface area (Å²) in [6.45, 7) is 4.94. The van der Waals surface area contributed by atoms with Crippen LogP contribution in [0.15, 0.2) is 41.2 Å². The number of thiophene rings is 1. The molecule has 0 saturated carbocycles. The van der Waals surface area contributed by atoms with Gasteiger partial charge in [0.1, 0.15) is 12.4 Å². The molecule has 0 radical (unpaired) electrons. The fourth-order valence-electron chi connectivity index (χ4n) is 2.54. The molecule has 0 bridgehead atoms. The molecule has 0 aliphatic rings. The number of rotatable bonds is 7. The van der Waals surface area contributed by atoms with Crippen LogP contribution in [-0.4, -0.2) is 30.0 Å². The van der Waals surface area contributed by atoms with Crippen molar-refractivity contribution in [3.05, 3.63) is 52.3 Å². The molecule has 0 saturated heterocycles. The average molecular weight is 314 g/mol. The van der Waals surface area contributed by atoms with E-state index in [-0.39, 0.29) is 0 Å². The van der Waals surface area contributed by atoms with E-state index in [1.54, 1.807) is 11.3 Å². The Bertz CT molecular complexity index is 718. The van der Waals surface area contributed by atoms with Crippen LogP contribution in [-0.2, 0) is 13.0 Å². The Labute approximate surface area is 135 Å². The molecule has 116 valence electrons. The molecule has 4 heteroatoms. The first kappa shape index (κ1) is 15.1. The number of benzene rings is 1. The minimum Gasteiger partial charge on any atom is -0.488 e. The number of nitrogens with zero attached hydrogens (tertiary/aromatic N) is 1. The Morgan fingerprint density at radius 1 is 1.27 bits per heavy atom. The molecule has 0 atom stereocenters. The van der Waals surface area contributed by atoms with E-state index in [4.69, 9.17) is 4.74 Å². The van der Waals surface area contributed by atoms with E-state index in [2.05, 4.69) is 59.0 Å². The van der Waals surface area contributed by atoms with Crippen molar-refractivity contribution >= 4 is 22.2 Å². The van der Waals surface area contributed by atoms with Gasteiger partial charge in [0.25, 0.3) is 0 Å². The fourth-order valence-corrected chi connectivity index (χ4v) is 3.20. The van der Waals surface area contributed by atoms with Gasteiger partial charge in [-0.2, -0.15) is 11.3 Å². The SMILES string of the molecule is CCN(C)CCc1c[nH]c2cccc(OCc3ccsc3)c12. The van der Waals surface area contributed by atoms with E-state index in [0.29, 0.717) is 6.61 Å². The lowest BCUT2D eigenvalue weighted by molar-refractivity contribution is 0.310. The van der Waals surface area contributed by atoms with E-state index in [1.807, 2.05) is 6.07 Å². The molecule has 2 heterocycles. The molecule has 3 nitrogen and oxygen atoms in total. The second-order valence-electron chi connectivity index (χ2n) is 5.56. The first-order chi connectivity index (χ1) is 10.8. The number of likely N-dealkylation sites (N-methyl/N-ethyl adjacent to an activating group) is 1. The molecule has 1 aromatic carbocycles. The number of ether oxygens (including phenoxy) is 1. The number of aromatic amines is 1. The van der Waals surface area contributed by atoms with Gasteiger partial charge in [0.15, 0.2) is 0 Å². The van der Waals surface area contributed by atoms with Crippen molar-refractivity contribution in [3.8, 4) is 5.75 Å². The lowest BCUT2D eigenvalue weighted by Crippen LogP contribution is -2.20. The molecular weight excluding hydrogens is 292 g/mol. The molecule has 1 N–H and O–H groups in total. The lowest BCUT2D eigenvalue weighted by atomic mass is 10.1. The van der Waals surface area contributed by atoms with E-state index >= 15 is 0 Å². The number of hydrogen-bond acceptors (Lipinski definition) is 3. The normalized spacial score (nSPS) is 11.4. The average Bonchev–Trinajstić information content (AvgIpc) is 3.20. The third-order valence-electron chi connectivity index (χ3n) is 4.03. The summed E-state index contributed by atoms with van der Waals surface area (Å²) in [4.78, 5) is 5.69. The summed E-state index contributed by atoms with van der Waals surface area (Å²) in [6, 6.07) is 8.33. The van der Waals surface area contributed by atoms with E-state index in [0.717, 1.165) is 30.8 Å². The van der Waals surface area contributed by atoms with Gasteiger partial charge in [-0.15, -0.1) is 0 Å². The van der Waals surface area contributed by atoms with Crippen LogP contribution < -0.4 is 4.74 Å². The number of fused-ring (bicyclic) bond motifs is 1. The third kappa shape index (κ3) is 3.34. The van der Waals surface area contributed by atoms with Crippen molar-refractivity contribution in [1.29, 1.82) is 0 Å². The van der Waals surface area contributed by atoms with Crippen LogP contribution in [0, 0.1) is 0 Å². The Kier molecular flexibility index (Phi) is 4.80. The Morgan fingerprint density at radius 2 is 2.18 bits per heavy atom. The zero-order chi connectivity index (χ0) is 15.4. The van der Waals surface area contributed by atoms with Gasteiger partial charge in [0.2, 0.25) is 0 Å². The highest BCUT2D eigenvalue weighted by Crippen LogP contribution is 2.30. The van der Waals surface area contributed by atoms with Crippen molar-refractivity contribution in [2.24, 2.45) is 0 Å². The first-order valence-corrected chi connectivity index (χ1v) is 8.63. The van der Waals surface area contributed by atoms with Gasteiger partial charge in [0.05, 0.1) is 0 Å². The monoisotopic (exact) mass is 314 g/mol. The maximum absolute atomic E-state index is 6.07. The van der Waals surface area contributed by atoms with Crippen LogP contribution in [0.3, 0.4) is 0 Å². The second-order valence-corrected chi connectivity index (χ2v) is 6.34. The molecule has 22 heavy (non-hydrogen) atoms. The number of nitrogens with one attached hydrogen (secondary N) is 1. The zero-order valence-corrected chi connectivity index (χ0v) is 14.0. The molecule has 2 aromatic heterocycles. The number of H-pyrrole nitrogens is 1. The summed E-state index contributed by atoms with van der Waals surface area (Å²) in [5.74, 6) is 0.971. The highest BCUT2D eigenvalue weighted by molar-refractivity contribution is 7.07. The summed E-state index contributed by atoms with van der Waals surface area (Å²) in [5, 5.41) is 5.44. The van der Waals surface area contributed by atoms with Crippen molar-refractivity contribution in [2.75, 3.05) is 20.1 Å². The van der Waals surface area contributed by atoms with Crippen LogP contribution in [0.4, 0.5) is 0 Å². The lowest BCUT2D eigenvalue weighted by Gasteiger charge is -2.13. The minimum atomic E-state index is 0.627. The fraction of sp³-hybridized carbons (Fsp3) is 0.333. The predicted octanol–water partition coefficient (Wildman–Crippen LogP) is 4.30. The highest BCUT2D eigenvalue weighted by atomic mass is 32.1. The molecule has 0 unspecified atom stereocenters. The largest absolute Gasteiger partial charge is 0.488 e. The van der Waals surface area contributed by atoms with Gasteiger partial charge in [-0.1, -0.05) is 13.0 Å². The predicted molar refractivity (Wildman–Crippen MR) is 93.8 cm³/mol. The molecular formula is C18H22N2OS. The Morgan fingerprint density at radius 3 is 2.95 bits per heavy atom. The third-order valence-corrected chi connectivity index (χ3v) is 4.76. The van der Waals surface area contributed by atoms with Crippen LogP contribution in [0.2, 0.25) is 0 Å². The number of hydrogen-bond donors (Lipinski definition) is 1. The summed E-state index contributed by atoms with van der Waals surface area (Å²) in [6.07, 6.45) is 3.15. The molecule has 3 rings (SSSR count). The topological polar surface area (TPSA) is 28.3 Å². The van der Waals surface area contributed by atoms with Crippen LogP contribution >= 0.6 is 11.3 Å². The van der Waals surface area contributed by atoms with Crippen molar-refractivity contribution in [1.82, 2.24) is 9.88 Å². The Hall–Kier alpha value is -1.78. The maximum atomic E-state index is 6.07. The van der Waals surface area contributed by atoms with Gasteiger partial charge in [0, 0.05) is 23.6 Å². The van der Waals surface area contributed by atoms with E-state index in [1.165, 1.54) is 16.5 Å². The molecule has 3 aromatic rings. The quantitative estimate of drug-likeness (QED) is 0.704. The minimum absolute atomic E-state index is 0.627. The molecule has 0 amide bonds. The molecule has 0 fully saturated rings. The van der Waals surface area contributed by atoms with Crippen LogP contribution in [0.25, 0.3) is 10.9 Å². The second kappa shape index (κ2) is 6.99. The summed E-state index contributed by atoms with van der Waals surface area (Å²) < 4.78 is 6.07. The van der Waals surface area contributed by atoms with Crippen molar-refractivity contribution in [3.63, 3.8) is 0 Å². The number of aromatic nitrogens is 1. The van der Waals surface area contributed by atoms with Gasteiger partial charge >= 0.3 is 0 Å². The molecule has 0 aliphatic carbocycles. The van der Waals surface area contributed by atoms with Crippen molar-refractivity contribution in [2.45, 2.75) is 20.0 Å². The zero-order valence-electron chi connectivity index (χ0n) is 13.1. The summed E-state index contributed by atoms with van der Waals surface area (Å²) >= 11 is 1.71. The highest BCUT2D eigenvalue weighted by Gasteiger charge is 2.10. The molecule has 0 spiro atoms. The van der Waals surface area contributed by atoms with Gasteiger partial charge in [-0.05, 0) is 60.1 Å². The van der Waals surface area contributed by atoms with Crippen LogP contribution in [0.5, 0.6) is 5.75 Å².